The minimum absolute atomic E-state index is 1.03. The monoisotopic (exact) mass is 436 g/mol. The van der Waals surface area contributed by atoms with Gasteiger partial charge in [-0.15, -0.1) is 0 Å². The number of benzene rings is 4. The fourth-order valence-electron chi connectivity index (χ4n) is 4.78. The standard InChI is InChI=1S/C32H24N2/c1-21-11-3-5-13-23(21)31-27(25-15-7-9-17-29(25)33-31)19-20-28-26-16-8-10-18-30(26)34-32(28)24-14-6-4-12-22(24)2/h3-18,33-34H,1-2H3. The van der Waals surface area contributed by atoms with Gasteiger partial charge in [-0.3, -0.25) is 0 Å². The molecule has 0 amide bonds. The number of H-pyrrole nitrogens is 2. The van der Waals surface area contributed by atoms with E-state index in [0.717, 1.165) is 44.3 Å². The molecule has 0 saturated heterocycles. The summed E-state index contributed by atoms with van der Waals surface area (Å²) >= 11 is 0. The van der Waals surface area contributed by atoms with E-state index >= 15 is 0 Å². The van der Waals surface area contributed by atoms with Crippen LogP contribution in [0.15, 0.2) is 97.1 Å². The van der Waals surface area contributed by atoms with Gasteiger partial charge in [-0.05, 0) is 37.1 Å². The van der Waals surface area contributed by atoms with Crippen LogP contribution in [-0.4, -0.2) is 9.97 Å². The summed E-state index contributed by atoms with van der Waals surface area (Å²) in [5.74, 6) is 7.17. The van der Waals surface area contributed by atoms with E-state index < -0.39 is 0 Å². The van der Waals surface area contributed by atoms with Gasteiger partial charge >= 0.3 is 0 Å². The highest BCUT2D eigenvalue weighted by atomic mass is 14.7. The van der Waals surface area contributed by atoms with E-state index in [1.165, 1.54) is 22.3 Å². The lowest BCUT2D eigenvalue weighted by molar-refractivity contribution is 1.39. The molecule has 0 unspecified atom stereocenters. The highest BCUT2D eigenvalue weighted by Gasteiger charge is 2.15. The summed E-state index contributed by atoms with van der Waals surface area (Å²) in [7, 11) is 0. The zero-order valence-electron chi connectivity index (χ0n) is 19.2. The van der Waals surface area contributed by atoms with Gasteiger partial charge in [0.25, 0.3) is 0 Å². The number of aromatic nitrogens is 2. The van der Waals surface area contributed by atoms with Crippen LogP contribution >= 0.6 is 0 Å². The topological polar surface area (TPSA) is 31.6 Å². The lowest BCUT2D eigenvalue weighted by Crippen LogP contribution is -1.87. The zero-order chi connectivity index (χ0) is 23.1. The van der Waals surface area contributed by atoms with Crippen molar-refractivity contribution >= 4 is 21.8 Å². The summed E-state index contributed by atoms with van der Waals surface area (Å²) in [5.41, 5.74) is 11.2. The van der Waals surface area contributed by atoms with E-state index in [1.807, 2.05) is 0 Å². The molecule has 0 fully saturated rings. The van der Waals surface area contributed by atoms with Crippen molar-refractivity contribution in [1.29, 1.82) is 0 Å². The van der Waals surface area contributed by atoms with Crippen molar-refractivity contribution in [3.05, 3.63) is 119 Å². The molecule has 0 spiro atoms. The first-order valence-corrected chi connectivity index (χ1v) is 11.6. The van der Waals surface area contributed by atoms with Crippen molar-refractivity contribution in [2.75, 3.05) is 0 Å². The van der Waals surface area contributed by atoms with Gasteiger partial charge in [-0.25, -0.2) is 0 Å². The molecule has 2 aromatic heterocycles. The van der Waals surface area contributed by atoms with Crippen LogP contribution in [-0.2, 0) is 0 Å². The minimum atomic E-state index is 1.03. The largest absolute Gasteiger partial charge is 0.353 e. The molecule has 6 rings (SSSR count). The Hall–Kier alpha value is -4.48. The van der Waals surface area contributed by atoms with E-state index in [0.29, 0.717) is 0 Å². The van der Waals surface area contributed by atoms with Gasteiger partial charge in [0.05, 0.1) is 22.5 Å². The highest BCUT2D eigenvalue weighted by molar-refractivity contribution is 5.97. The van der Waals surface area contributed by atoms with E-state index in [9.17, 15) is 0 Å². The first-order valence-electron chi connectivity index (χ1n) is 11.6. The van der Waals surface area contributed by atoms with Gasteiger partial charge in [-0.1, -0.05) is 96.8 Å². The predicted octanol–water partition coefficient (Wildman–Crippen LogP) is 8.00. The van der Waals surface area contributed by atoms with E-state index in [1.54, 1.807) is 0 Å². The summed E-state index contributed by atoms with van der Waals surface area (Å²) in [6.07, 6.45) is 0. The highest BCUT2D eigenvalue weighted by Crippen LogP contribution is 2.34. The molecule has 4 aromatic carbocycles. The second-order valence-corrected chi connectivity index (χ2v) is 8.72. The van der Waals surface area contributed by atoms with Crippen LogP contribution in [0.2, 0.25) is 0 Å². The number of aromatic amines is 2. The molecule has 2 nitrogen and oxygen atoms in total. The van der Waals surface area contributed by atoms with Crippen molar-refractivity contribution in [3.63, 3.8) is 0 Å². The normalized spacial score (nSPS) is 11.0. The first kappa shape index (κ1) is 20.1. The van der Waals surface area contributed by atoms with Crippen LogP contribution in [0.3, 0.4) is 0 Å². The van der Waals surface area contributed by atoms with Crippen LogP contribution in [0.5, 0.6) is 0 Å². The van der Waals surface area contributed by atoms with Gasteiger partial charge < -0.3 is 9.97 Å². The third kappa shape index (κ3) is 3.31. The zero-order valence-corrected chi connectivity index (χ0v) is 19.2. The quantitative estimate of drug-likeness (QED) is 0.258. The van der Waals surface area contributed by atoms with E-state index in [2.05, 4.69) is 133 Å². The summed E-state index contributed by atoms with van der Waals surface area (Å²) < 4.78 is 0. The summed E-state index contributed by atoms with van der Waals surface area (Å²) in [5, 5.41) is 2.29. The Labute approximate surface area is 199 Å². The number of fused-ring (bicyclic) bond motifs is 2. The van der Waals surface area contributed by atoms with Crippen LogP contribution in [0.25, 0.3) is 44.3 Å². The second-order valence-electron chi connectivity index (χ2n) is 8.72. The van der Waals surface area contributed by atoms with Crippen molar-refractivity contribution in [2.24, 2.45) is 0 Å². The molecule has 162 valence electrons. The molecule has 6 aromatic rings. The van der Waals surface area contributed by atoms with Gasteiger partial charge in [-0.2, -0.15) is 0 Å². The van der Waals surface area contributed by atoms with Gasteiger partial charge in [0.2, 0.25) is 0 Å². The third-order valence-electron chi connectivity index (χ3n) is 6.55. The lowest BCUT2D eigenvalue weighted by Gasteiger charge is -2.05. The fraction of sp³-hybridized carbons (Fsp3) is 0.0625. The van der Waals surface area contributed by atoms with E-state index in [-0.39, 0.29) is 0 Å². The Morgan fingerprint density at radius 3 is 1.29 bits per heavy atom. The van der Waals surface area contributed by atoms with Crippen molar-refractivity contribution in [3.8, 4) is 34.4 Å². The van der Waals surface area contributed by atoms with Crippen molar-refractivity contribution < 1.29 is 0 Å². The van der Waals surface area contributed by atoms with Gasteiger partial charge in [0, 0.05) is 32.9 Å². The van der Waals surface area contributed by atoms with E-state index in [4.69, 9.17) is 0 Å². The maximum absolute atomic E-state index is 3.63. The molecular formula is C32H24N2. The van der Waals surface area contributed by atoms with Crippen LogP contribution < -0.4 is 0 Å². The second kappa shape index (κ2) is 8.14. The molecule has 0 aliphatic carbocycles. The maximum atomic E-state index is 3.63. The Bertz CT molecular complexity index is 1610. The summed E-state index contributed by atoms with van der Waals surface area (Å²) in [6, 6.07) is 33.8. The Balaban J connectivity index is 1.62. The molecule has 0 aliphatic rings. The number of nitrogens with one attached hydrogen (secondary N) is 2. The molecule has 2 heterocycles. The molecule has 0 bridgehead atoms. The minimum Gasteiger partial charge on any atom is -0.353 e. The van der Waals surface area contributed by atoms with Crippen LogP contribution in [0, 0.1) is 25.7 Å². The third-order valence-corrected chi connectivity index (χ3v) is 6.55. The van der Waals surface area contributed by atoms with Crippen molar-refractivity contribution in [1.82, 2.24) is 9.97 Å². The summed E-state index contributed by atoms with van der Waals surface area (Å²) in [4.78, 5) is 7.27. The number of para-hydroxylation sites is 2. The molecule has 2 N–H and O–H groups in total. The average Bonchev–Trinajstić information content (AvgIpc) is 3.41. The van der Waals surface area contributed by atoms with Gasteiger partial charge in [0.15, 0.2) is 0 Å². The molecule has 34 heavy (non-hydrogen) atoms. The molecule has 0 atom stereocenters. The smallest absolute Gasteiger partial charge is 0.0626 e. The Morgan fingerprint density at radius 2 is 0.853 bits per heavy atom. The lowest BCUT2D eigenvalue weighted by atomic mass is 9.99. The van der Waals surface area contributed by atoms with Crippen LogP contribution in [0.4, 0.5) is 0 Å². The summed E-state index contributed by atoms with van der Waals surface area (Å²) in [6.45, 7) is 4.29. The van der Waals surface area contributed by atoms with Crippen LogP contribution in [0.1, 0.15) is 22.3 Å². The number of hydrogen-bond acceptors (Lipinski definition) is 0. The number of rotatable bonds is 2. The molecule has 0 radical (unpaired) electrons. The Kier molecular flexibility index (Phi) is 4.82. The van der Waals surface area contributed by atoms with Crippen molar-refractivity contribution in [2.45, 2.75) is 13.8 Å². The molecule has 0 aliphatic heterocycles. The maximum Gasteiger partial charge on any atom is 0.0626 e. The molecule has 2 heteroatoms. The first-order chi connectivity index (χ1) is 16.7. The SMILES string of the molecule is Cc1ccccc1-c1[nH]c2ccccc2c1C#Cc1c(-c2ccccc2C)[nH]c2ccccc12. The molecule has 0 saturated carbocycles. The predicted molar refractivity (Wildman–Crippen MR) is 143 cm³/mol. The number of aryl methyl sites for hydroxylation is 2. The number of hydrogen-bond donors (Lipinski definition) is 2. The van der Waals surface area contributed by atoms with Gasteiger partial charge in [0.1, 0.15) is 0 Å². The average molecular weight is 437 g/mol. The Morgan fingerprint density at radius 1 is 0.471 bits per heavy atom. The fourth-order valence-corrected chi connectivity index (χ4v) is 4.78. The molecular weight excluding hydrogens is 412 g/mol.